The number of carboxylic acid groups (broad SMARTS) is 1. The van der Waals surface area contributed by atoms with Gasteiger partial charge in [0.25, 0.3) is 0 Å². The number of thioether (sulfide) groups is 1. The van der Waals surface area contributed by atoms with Gasteiger partial charge in [-0.1, -0.05) is 52.8 Å². The highest BCUT2D eigenvalue weighted by Gasteiger charge is 2.29. The quantitative estimate of drug-likeness (QED) is 0.0803. The second kappa shape index (κ2) is 15.4. The van der Waals surface area contributed by atoms with Crippen LogP contribution in [0.5, 0.6) is 11.5 Å². The molecule has 3 aliphatic rings. The lowest BCUT2D eigenvalue weighted by molar-refractivity contribution is -0.137. The first-order valence-corrected chi connectivity index (χ1v) is 19.2. The standard InChI is InChI=1S/C36H42BrN7O4S/c1-21(16-24-11-14-38-35-28(24)7-6-26(40-35)10-13-37)29-8-3-22-2-5-27(39-34(22)41-29)12-15-49-36-42-32(43-44-36)18-25(19-33(45)46)23-4-9-30-31(17-23)48-20-47-30/h2,4-7,9,17,21,24-25,29H,3,8,10-16,18-20H2,1H3,(H,38,40)(H,39,41)(H,45,46)(H,42,43,44)/t21-,24?,25?,29?/m0/s1. The molecular formula is C36H42BrN7O4S. The highest BCUT2D eigenvalue weighted by atomic mass is 79.9. The van der Waals surface area contributed by atoms with E-state index in [1.165, 1.54) is 11.1 Å². The molecule has 3 aliphatic heterocycles. The number of halogens is 1. The summed E-state index contributed by atoms with van der Waals surface area (Å²) < 4.78 is 10.9. The van der Waals surface area contributed by atoms with Crippen LogP contribution in [-0.2, 0) is 30.5 Å². The summed E-state index contributed by atoms with van der Waals surface area (Å²) in [5, 5.41) is 25.9. The van der Waals surface area contributed by atoms with E-state index in [1.807, 2.05) is 18.2 Å². The van der Waals surface area contributed by atoms with E-state index >= 15 is 0 Å². The highest BCUT2D eigenvalue weighted by Crippen LogP contribution is 2.39. The molecule has 4 atom stereocenters. The molecule has 4 N–H and O–H groups in total. The van der Waals surface area contributed by atoms with Crippen LogP contribution in [0.1, 0.15) is 78.3 Å². The van der Waals surface area contributed by atoms with Crippen molar-refractivity contribution in [1.82, 2.24) is 25.1 Å². The smallest absolute Gasteiger partial charge is 0.303 e. The average Bonchev–Trinajstić information content (AvgIpc) is 3.77. The van der Waals surface area contributed by atoms with Gasteiger partial charge in [-0.2, -0.15) is 0 Å². The van der Waals surface area contributed by atoms with Crippen LogP contribution in [0.15, 0.2) is 47.6 Å². The minimum Gasteiger partial charge on any atom is -0.481 e. The van der Waals surface area contributed by atoms with Crippen LogP contribution >= 0.6 is 27.7 Å². The number of aromatic nitrogens is 5. The number of hydrogen-bond donors (Lipinski definition) is 4. The number of rotatable bonds is 14. The zero-order valence-electron chi connectivity index (χ0n) is 27.6. The molecular weight excluding hydrogens is 706 g/mol. The summed E-state index contributed by atoms with van der Waals surface area (Å²) in [5.41, 5.74) is 5.69. The maximum atomic E-state index is 11.7. The second-order valence-corrected chi connectivity index (χ2v) is 15.0. The third-order valence-electron chi connectivity index (χ3n) is 9.82. The lowest BCUT2D eigenvalue weighted by atomic mass is 9.80. The lowest BCUT2D eigenvalue weighted by Crippen LogP contribution is -2.34. The van der Waals surface area contributed by atoms with Crippen molar-refractivity contribution in [2.24, 2.45) is 5.92 Å². The van der Waals surface area contributed by atoms with Gasteiger partial charge in [0.2, 0.25) is 11.9 Å². The van der Waals surface area contributed by atoms with Gasteiger partial charge >= 0.3 is 5.97 Å². The molecule has 49 heavy (non-hydrogen) atoms. The first-order chi connectivity index (χ1) is 23.9. The Labute approximate surface area is 298 Å². The monoisotopic (exact) mass is 747 g/mol. The summed E-state index contributed by atoms with van der Waals surface area (Å²) in [5.74, 6) is 4.71. The van der Waals surface area contributed by atoms with Gasteiger partial charge < -0.3 is 25.2 Å². The molecule has 4 aromatic rings. The van der Waals surface area contributed by atoms with Crippen LogP contribution in [0, 0.1) is 5.92 Å². The van der Waals surface area contributed by atoms with Gasteiger partial charge in [0.1, 0.15) is 17.5 Å². The molecule has 0 amide bonds. The fourth-order valence-electron chi connectivity index (χ4n) is 7.18. The van der Waals surface area contributed by atoms with E-state index in [4.69, 9.17) is 19.4 Å². The van der Waals surface area contributed by atoms with Crippen molar-refractivity contribution in [3.63, 3.8) is 0 Å². The Kier molecular flexibility index (Phi) is 10.6. The molecule has 258 valence electrons. The van der Waals surface area contributed by atoms with Crippen molar-refractivity contribution in [2.75, 3.05) is 35.1 Å². The molecule has 6 heterocycles. The number of alkyl halides is 1. The Bertz CT molecular complexity index is 1790. The molecule has 13 heteroatoms. The molecule has 0 saturated heterocycles. The molecule has 0 radical (unpaired) electrons. The number of aryl methyl sites for hydroxylation is 3. The molecule has 0 fully saturated rings. The van der Waals surface area contributed by atoms with Crippen LogP contribution in [0.4, 0.5) is 11.6 Å². The summed E-state index contributed by atoms with van der Waals surface area (Å²) in [6.07, 6.45) is 6.54. The summed E-state index contributed by atoms with van der Waals surface area (Å²) >= 11 is 5.10. The first kappa shape index (κ1) is 33.6. The number of H-pyrrole nitrogens is 1. The highest BCUT2D eigenvalue weighted by molar-refractivity contribution is 9.09. The molecule has 3 unspecified atom stereocenters. The van der Waals surface area contributed by atoms with Crippen molar-refractivity contribution in [2.45, 2.75) is 81.3 Å². The van der Waals surface area contributed by atoms with Gasteiger partial charge in [0.15, 0.2) is 11.5 Å². The van der Waals surface area contributed by atoms with Gasteiger partial charge in [-0.05, 0) is 91.3 Å². The maximum absolute atomic E-state index is 11.7. The van der Waals surface area contributed by atoms with E-state index in [1.54, 1.807) is 11.8 Å². The van der Waals surface area contributed by atoms with Gasteiger partial charge in [-0.3, -0.25) is 9.89 Å². The average molecular weight is 749 g/mol. The van der Waals surface area contributed by atoms with Gasteiger partial charge in [-0.15, -0.1) is 5.10 Å². The number of nitrogens with one attached hydrogen (secondary N) is 3. The number of hydrogen-bond acceptors (Lipinski definition) is 10. The first-order valence-electron chi connectivity index (χ1n) is 17.1. The number of aliphatic carboxylic acids is 1. The third-order valence-corrected chi connectivity index (χ3v) is 11.1. The Hall–Kier alpha value is -3.84. The number of benzene rings is 1. The fraction of sp³-hybridized carbons (Fsp3) is 0.472. The largest absolute Gasteiger partial charge is 0.481 e. The Balaban J connectivity index is 0.922. The summed E-state index contributed by atoms with van der Waals surface area (Å²) in [7, 11) is 0. The lowest BCUT2D eigenvalue weighted by Gasteiger charge is -2.34. The van der Waals surface area contributed by atoms with Crippen LogP contribution in [0.25, 0.3) is 0 Å². The molecule has 0 spiro atoms. The van der Waals surface area contributed by atoms with E-state index in [0.29, 0.717) is 46.8 Å². The van der Waals surface area contributed by atoms with Crippen LogP contribution in [-0.4, -0.2) is 66.7 Å². The third kappa shape index (κ3) is 8.15. The molecule has 3 aromatic heterocycles. The molecule has 7 rings (SSSR count). The van der Waals surface area contributed by atoms with Crippen molar-refractivity contribution >= 4 is 45.3 Å². The predicted octanol–water partition coefficient (Wildman–Crippen LogP) is 6.75. The number of ether oxygens (including phenoxy) is 2. The van der Waals surface area contributed by atoms with Crippen LogP contribution in [0.2, 0.25) is 0 Å². The summed E-state index contributed by atoms with van der Waals surface area (Å²) in [4.78, 5) is 26.3. The number of carboxylic acids is 1. The molecule has 0 aliphatic carbocycles. The van der Waals surface area contributed by atoms with E-state index in [-0.39, 0.29) is 19.1 Å². The van der Waals surface area contributed by atoms with Crippen molar-refractivity contribution in [3.8, 4) is 11.5 Å². The number of carbonyl (C=O) groups is 1. The van der Waals surface area contributed by atoms with Crippen LogP contribution < -0.4 is 20.1 Å². The van der Waals surface area contributed by atoms with Gasteiger partial charge in [0.05, 0.1) is 6.42 Å². The summed E-state index contributed by atoms with van der Waals surface area (Å²) in [6, 6.07) is 14.8. The Morgan fingerprint density at radius 3 is 2.76 bits per heavy atom. The predicted molar refractivity (Wildman–Crippen MR) is 193 cm³/mol. The zero-order valence-corrected chi connectivity index (χ0v) is 30.0. The molecule has 1 aromatic carbocycles. The van der Waals surface area contributed by atoms with Gasteiger partial charge in [0, 0.05) is 47.4 Å². The summed E-state index contributed by atoms with van der Waals surface area (Å²) in [6.45, 7) is 3.52. The van der Waals surface area contributed by atoms with E-state index in [9.17, 15) is 9.90 Å². The van der Waals surface area contributed by atoms with E-state index < -0.39 is 5.97 Å². The molecule has 0 saturated carbocycles. The minimum absolute atomic E-state index is 0.0252. The number of anilines is 2. The molecule has 11 nitrogen and oxygen atoms in total. The SMILES string of the molecule is C[C@@H](CC1CCNc2nc(CCBr)ccc21)C1CCc2ccc(CCSc3n[nH]c(CC(CC(=O)O)c4ccc5c(c4)OCO5)n3)nc2N1. The normalized spacial score (nSPS) is 18.9. The maximum Gasteiger partial charge on any atom is 0.303 e. The van der Waals surface area contributed by atoms with Crippen LogP contribution in [0.3, 0.4) is 0 Å². The van der Waals surface area contributed by atoms with Gasteiger partial charge in [-0.25, -0.2) is 15.0 Å². The zero-order chi connectivity index (χ0) is 33.7. The van der Waals surface area contributed by atoms with E-state index in [2.05, 4.69) is 72.9 Å². The second-order valence-electron chi connectivity index (χ2n) is 13.2. The van der Waals surface area contributed by atoms with E-state index in [0.717, 1.165) is 84.7 Å². The Morgan fingerprint density at radius 2 is 1.88 bits per heavy atom. The minimum atomic E-state index is -0.866. The fourth-order valence-corrected chi connectivity index (χ4v) is 8.36. The number of aromatic amines is 1. The Morgan fingerprint density at radius 1 is 1.04 bits per heavy atom. The van der Waals surface area contributed by atoms with Crippen molar-refractivity contribution in [3.05, 3.63) is 76.4 Å². The molecule has 0 bridgehead atoms. The van der Waals surface area contributed by atoms with Crippen molar-refractivity contribution < 1.29 is 19.4 Å². The number of nitrogens with zero attached hydrogens (tertiary/aromatic N) is 4. The van der Waals surface area contributed by atoms with Crippen molar-refractivity contribution in [1.29, 1.82) is 0 Å². The number of pyridine rings is 2. The topological polar surface area (TPSA) is 147 Å². The number of fused-ring (bicyclic) bond motifs is 3.